The zero-order chi connectivity index (χ0) is 12.8. The van der Waals surface area contributed by atoms with Crippen LogP contribution in [0.15, 0.2) is 5.16 Å². The minimum atomic E-state index is -0.531. The van der Waals surface area contributed by atoms with E-state index in [0.717, 1.165) is 6.42 Å². The van der Waals surface area contributed by atoms with Gasteiger partial charge in [0.05, 0.1) is 6.04 Å². The summed E-state index contributed by atoms with van der Waals surface area (Å²) in [5.41, 5.74) is -0.531. The van der Waals surface area contributed by atoms with Crippen molar-refractivity contribution in [1.82, 2.24) is 4.90 Å². The lowest BCUT2D eigenvalue weighted by Gasteiger charge is -2.29. The zero-order valence-electron chi connectivity index (χ0n) is 10.2. The molecule has 1 N–H and O–H groups in total. The van der Waals surface area contributed by atoms with Gasteiger partial charge in [-0.1, -0.05) is 16.8 Å². The summed E-state index contributed by atoms with van der Waals surface area (Å²) in [5, 5.41) is 11.8. The van der Waals surface area contributed by atoms with Crippen molar-refractivity contribution in [2.24, 2.45) is 17.0 Å². The molecule has 2 rings (SSSR count). The first-order chi connectivity index (χ1) is 7.83. The molecule has 1 amide bonds. The number of halogens is 1. The predicted octanol–water partition coefficient (Wildman–Crippen LogP) is 2.27. The van der Waals surface area contributed by atoms with Crippen molar-refractivity contribution in [2.75, 3.05) is 6.54 Å². The van der Waals surface area contributed by atoms with E-state index in [-0.39, 0.29) is 11.2 Å². The van der Waals surface area contributed by atoms with Crippen molar-refractivity contribution in [1.29, 1.82) is 0 Å². The number of hydrogen-bond acceptors (Lipinski definition) is 4. The molecule has 1 saturated heterocycles. The molecular weight excluding hydrogens is 244 g/mol. The normalized spacial score (nSPS) is 32.4. The van der Waals surface area contributed by atoms with E-state index in [2.05, 4.69) is 5.16 Å². The molecule has 17 heavy (non-hydrogen) atoms. The summed E-state index contributed by atoms with van der Waals surface area (Å²) in [7, 11) is 0. The number of oxime groups is 1. The number of amides is 1. The Morgan fingerprint density at radius 3 is 2.71 bits per heavy atom. The fourth-order valence-electron chi connectivity index (χ4n) is 2.34. The number of carbonyl (C=O) groups is 1. The van der Waals surface area contributed by atoms with Crippen LogP contribution < -0.4 is 0 Å². The molecule has 0 aromatic rings. The van der Waals surface area contributed by atoms with Crippen molar-refractivity contribution in [3.8, 4) is 0 Å². The Balaban J connectivity index is 2.08. The molecule has 0 aromatic heterocycles. The van der Waals surface area contributed by atoms with Gasteiger partial charge in [0.25, 0.3) is 0 Å². The van der Waals surface area contributed by atoms with Gasteiger partial charge in [-0.15, -0.1) is 0 Å². The largest absolute Gasteiger partial charge is 0.444 e. The van der Waals surface area contributed by atoms with Crippen molar-refractivity contribution in [3.63, 3.8) is 0 Å². The van der Waals surface area contributed by atoms with Crippen LogP contribution in [0.5, 0.6) is 0 Å². The molecule has 0 unspecified atom stereocenters. The molecule has 0 radical (unpaired) electrons. The van der Waals surface area contributed by atoms with E-state index in [1.54, 1.807) is 4.90 Å². The first-order valence-electron chi connectivity index (χ1n) is 5.70. The fourth-order valence-corrected chi connectivity index (χ4v) is 2.62. The third-order valence-electron chi connectivity index (χ3n) is 3.12. The van der Waals surface area contributed by atoms with E-state index in [0.29, 0.717) is 18.4 Å². The molecule has 5 nitrogen and oxygen atoms in total. The molecular formula is C11H17ClN2O3. The Labute approximate surface area is 105 Å². The number of hydrogen-bond donors (Lipinski definition) is 1. The van der Waals surface area contributed by atoms with Crippen molar-refractivity contribution >= 4 is 22.9 Å². The molecule has 0 aromatic carbocycles. The highest BCUT2D eigenvalue weighted by molar-refractivity contribution is 6.66. The molecule has 2 aliphatic rings. The molecule has 1 saturated carbocycles. The van der Waals surface area contributed by atoms with Crippen LogP contribution >= 0.6 is 11.6 Å². The van der Waals surface area contributed by atoms with E-state index in [1.807, 2.05) is 20.8 Å². The Hall–Kier alpha value is -0.970. The number of carbonyl (C=O) groups excluding carboxylic acids is 1. The highest BCUT2D eigenvalue weighted by Gasteiger charge is 2.56. The smallest absolute Gasteiger partial charge is 0.410 e. The topological polar surface area (TPSA) is 62.1 Å². The summed E-state index contributed by atoms with van der Waals surface area (Å²) in [6.45, 7) is 6.09. The summed E-state index contributed by atoms with van der Waals surface area (Å²) in [5.74, 6) is 0.800. The van der Waals surface area contributed by atoms with Gasteiger partial charge in [-0.3, -0.25) is 4.90 Å². The third-order valence-corrected chi connectivity index (χ3v) is 3.42. The van der Waals surface area contributed by atoms with E-state index in [9.17, 15) is 4.79 Å². The maximum absolute atomic E-state index is 12.0. The summed E-state index contributed by atoms with van der Waals surface area (Å²) in [6, 6.07) is -0.318. The second-order valence-electron chi connectivity index (χ2n) is 5.66. The van der Waals surface area contributed by atoms with Crippen LogP contribution in [0.1, 0.15) is 27.2 Å². The molecule has 1 heterocycles. The molecule has 3 atom stereocenters. The molecule has 2 fully saturated rings. The van der Waals surface area contributed by atoms with Crippen LogP contribution in [-0.4, -0.2) is 39.6 Å². The maximum atomic E-state index is 12.0. The highest BCUT2D eigenvalue weighted by Crippen LogP contribution is 2.50. The van der Waals surface area contributed by atoms with Crippen molar-refractivity contribution < 1.29 is 14.7 Å². The molecule has 0 bridgehead atoms. The zero-order valence-corrected chi connectivity index (χ0v) is 10.9. The molecule has 0 spiro atoms. The minimum Gasteiger partial charge on any atom is -0.444 e. The van der Waals surface area contributed by atoms with Gasteiger partial charge in [-0.2, -0.15) is 0 Å². The van der Waals surface area contributed by atoms with Crippen LogP contribution in [0.4, 0.5) is 4.79 Å². The van der Waals surface area contributed by atoms with Crippen LogP contribution in [0.25, 0.3) is 0 Å². The van der Waals surface area contributed by atoms with E-state index >= 15 is 0 Å². The van der Waals surface area contributed by atoms with Crippen LogP contribution in [0.3, 0.4) is 0 Å². The molecule has 1 aliphatic carbocycles. The van der Waals surface area contributed by atoms with Gasteiger partial charge in [-0.25, -0.2) is 4.79 Å². The van der Waals surface area contributed by atoms with Gasteiger partial charge in [-0.05, 0) is 39.0 Å². The van der Waals surface area contributed by atoms with Gasteiger partial charge in [0.15, 0.2) is 5.17 Å². The maximum Gasteiger partial charge on any atom is 0.410 e. The first-order valence-corrected chi connectivity index (χ1v) is 6.08. The van der Waals surface area contributed by atoms with Gasteiger partial charge in [0, 0.05) is 6.54 Å². The lowest BCUT2D eigenvalue weighted by Crippen LogP contribution is -2.44. The summed E-state index contributed by atoms with van der Waals surface area (Å²) < 4.78 is 5.31. The second kappa shape index (κ2) is 4.05. The summed E-state index contributed by atoms with van der Waals surface area (Å²) in [4.78, 5) is 13.5. The minimum absolute atomic E-state index is 0.0702. The number of ether oxygens (including phenoxy) is 1. The van der Waals surface area contributed by atoms with Gasteiger partial charge in [0.1, 0.15) is 5.60 Å². The number of piperidine rings is 1. The average molecular weight is 261 g/mol. The lowest BCUT2D eigenvalue weighted by atomic mass is 10.2. The number of rotatable bonds is 1. The number of fused-ring (bicyclic) bond motifs is 1. The average Bonchev–Trinajstić information content (AvgIpc) is 2.86. The van der Waals surface area contributed by atoms with E-state index in [4.69, 9.17) is 21.5 Å². The predicted molar refractivity (Wildman–Crippen MR) is 63.4 cm³/mol. The van der Waals surface area contributed by atoms with Gasteiger partial charge >= 0.3 is 6.09 Å². The third kappa shape index (κ3) is 2.49. The summed E-state index contributed by atoms with van der Waals surface area (Å²) >= 11 is 5.85. The van der Waals surface area contributed by atoms with E-state index < -0.39 is 11.7 Å². The highest BCUT2D eigenvalue weighted by atomic mass is 35.5. The van der Waals surface area contributed by atoms with Gasteiger partial charge in [0.2, 0.25) is 0 Å². The van der Waals surface area contributed by atoms with Crippen LogP contribution in [0.2, 0.25) is 0 Å². The Morgan fingerprint density at radius 2 is 2.18 bits per heavy atom. The van der Waals surface area contributed by atoms with Crippen LogP contribution in [0, 0.1) is 11.8 Å². The molecule has 6 heteroatoms. The lowest BCUT2D eigenvalue weighted by molar-refractivity contribution is 0.0240. The van der Waals surface area contributed by atoms with Crippen molar-refractivity contribution in [3.05, 3.63) is 0 Å². The molecule has 1 aliphatic heterocycles. The standard InChI is InChI=1S/C11H17ClN2O3/c1-11(2,3)17-10(15)14-5-6-4-7(6)8(14)9(12)13-16/h6-8,16H,4-5H2,1-3H3/t6-,7-,8-/m1/s1. The monoisotopic (exact) mass is 260 g/mol. The Kier molecular flexibility index (Phi) is 2.97. The quantitative estimate of drug-likeness (QED) is 0.447. The second-order valence-corrected chi connectivity index (χ2v) is 6.05. The first kappa shape index (κ1) is 12.5. The Bertz CT molecular complexity index is 364. The number of nitrogens with zero attached hydrogens (tertiary/aromatic N) is 2. The molecule has 96 valence electrons. The van der Waals surface area contributed by atoms with E-state index in [1.165, 1.54) is 0 Å². The Morgan fingerprint density at radius 1 is 1.53 bits per heavy atom. The van der Waals surface area contributed by atoms with Crippen molar-refractivity contribution in [2.45, 2.75) is 38.8 Å². The summed E-state index contributed by atoms with van der Waals surface area (Å²) in [6.07, 6.45) is 0.645. The van der Waals surface area contributed by atoms with Crippen LogP contribution in [-0.2, 0) is 4.74 Å². The number of likely N-dealkylation sites (tertiary alicyclic amines) is 1. The fraction of sp³-hybridized carbons (Fsp3) is 0.818. The van der Waals surface area contributed by atoms with Gasteiger partial charge < -0.3 is 9.94 Å². The SMILES string of the molecule is CC(C)(C)OC(=O)N1C[C@H]2C[C@H]2[C@@H]1C(Cl)=NO.